The number of halogens is 4. The van der Waals surface area contributed by atoms with Gasteiger partial charge >= 0.3 is 30.8 Å². The Hall–Kier alpha value is -4.06. The first-order chi connectivity index (χ1) is 22.4. The summed E-state index contributed by atoms with van der Waals surface area (Å²) in [6, 6.07) is 11.5. The van der Waals surface area contributed by atoms with Gasteiger partial charge in [-0.3, -0.25) is 19.6 Å². The fraction of sp³-hybridized carbons (Fsp3) is 0.161. The molecule has 2 aromatic carbocycles. The second-order valence-electron chi connectivity index (χ2n) is 8.97. The van der Waals surface area contributed by atoms with Crippen molar-refractivity contribution in [2.24, 2.45) is 0 Å². The van der Waals surface area contributed by atoms with E-state index in [-0.39, 0.29) is 66.9 Å². The first-order valence-corrected chi connectivity index (χ1v) is 15.0. The summed E-state index contributed by atoms with van der Waals surface area (Å²) >= 11 is 24.3. The van der Waals surface area contributed by atoms with Crippen molar-refractivity contribution in [1.82, 2.24) is 9.97 Å². The van der Waals surface area contributed by atoms with Gasteiger partial charge in [-0.1, -0.05) is 46.4 Å². The Labute approximate surface area is 312 Å². The van der Waals surface area contributed by atoms with Gasteiger partial charge in [0.15, 0.2) is 11.5 Å². The Balaban J connectivity index is 0.000000471. The zero-order valence-electron chi connectivity index (χ0n) is 26.3. The van der Waals surface area contributed by atoms with E-state index in [1.54, 1.807) is 6.92 Å². The molecule has 0 aliphatic rings. The summed E-state index contributed by atoms with van der Waals surface area (Å²) in [6.45, 7) is 4.44. The number of carboxylic acid groups (broad SMARTS) is 1. The topological polar surface area (TPSA) is 196 Å². The van der Waals surface area contributed by atoms with Gasteiger partial charge in [0.1, 0.15) is 11.4 Å². The number of ether oxygens (including phenoxy) is 3. The number of carboxylic acids is 1. The Morgan fingerprint density at radius 1 is 0.694 bits per heavy atom. The SMILES string of the molecule is CCOc1c(Cl)cc(NC(=O)c2ccc(C(=O)O)cn2)cc1Cl.CCOc1c(Cl)cc(NC(=O)c2ccc(C(=O)OC)cn2)cc1Cl.[Li+].[OH-]. The molecule has 0 saturated carbocycles. The molecule has 2 amide bonds. The van der Waals surface area contributed by atoms with Gasteiger partial charge in [0.2, 0.25) is 0 Å². The Morgan fingerprint density at radius 2 is 1.06 bits per heavy atom. The van der Waals surface area contributed by atoms with Crippen LogP contribution >= 0.6 is 46.4 Å². The molecular weight excluding hydrogens is 721 g/mol. The molecule has 13 nitrogen and oxygen atoms in total. The maximum absolute atomic E-state index is 12.2. The second-order valence-corrected chi connectivity index (χ2v) is 10.6. The summed E-state index contributed by atoms with van der Waals surface area (Å²) in [5, 5.41) is 15.1. The quantitative estimate of drug-likeness (QED) is 0.154. The molecule has 0 unspecified atom stereocenters. The van der Waals surface area contributed by atoms with Crippen LogP contribution in [0.25, 0.3) is 0 Å². The van der Waals surface area contributed by atoms with Crippen LogP contribution in [0.3, 0.4) is 0 Å². The number of rotatable bonds is 10. The van der Waals surface area contributed by atoms with Crippen LogP contribution in [-0.2, 0) is 4.74 Å². The maximum atomic E-state index is 12.2. The van der Waals surface area contributed by atoms with Crippen LogP contribution in [0.4, 0.5) is 11.4 Å². The van der Waals surface area contributed by atoms with Gasteiger partial charge in [0, 0.05) is 23.8 Å². The molecule has 2 heterocycles. The number of carbonyl (C=O) groups excluding carboxylic acids is 3. The minimum Gasteiger partial charge on any atom is -0.870 e. The molecule has 4 aromatic rings. The van der Waals surface area contributed by atoms with E-state index in [4.69, 9.17) is 61.0 Å². The van der Waals surface area contributed by atoms with E-state index in [2.05, 4.69) is 25.3 Å². The van der Waals surface area contributed by atoms with Gasteiger partial charge < -0.3 is 35.4 Å². The molecule has 4 N–H and O–H groups in total. The second kappa shape index (κ2) is 20.4. The summed E-state index contributed by atoms with van der Waals surface area (Å²) in [4.78, 5) is 54.1. The molecule has 0 saturated heterocycles. The normalized spacial score (nSPS) is 9.78. The van der Waals surface area contributed by atoms with E-state index in [1.807, 2.05) is 6.92 Å². The van der Waals surface area contributed by atoms with Gasteiger partial charge in [-0.05, 0) is 62.4 Å². The zero-order valence-corrected chi connectivity index (χ0v) is 29.4. The molecule has 0 fully saturated rings. The molecule has 0 radical (unpaired) electrons. The van der Waals surface area contributed by atoms with Gasteiger partial charge in [-0.2, -0.15) is 0 Å². The molecule has 0 spiro atoms. The molecule has 0 atom stereocenters. The number of amides is 2. The Bertz CT molecular complexity index is 1730. The van der Waals surface area contributed by atoms with Crippen LogP contribution < -0.4 is 39.0 Å². The maximum Gasteiger partial charge on any atom is 1.00 e. The monoisotopic (exact) mass is 746 g/mol. The van der Waals surface area contributed by atoms with Crippen molar-refractivity contribution in [3.63, 3.8) is 0 Å². The molecule has 2 aromatic heterocycles. The number of nitrogens with zero attached hydrogens (tertiary/aromatic N) is 2. The van der Waals surface area contributed by atoms with E-state index in [9.17, 15) is 19.2 Å². The van der Waals surface area contributed by atoms with Gasteiger partial charge in [-0.15, -0.1) is 0 Å². The molecule has 4 rings (SSSR count). The summed E-state index contributed by atoms with van der Waals surface area (Å²) < 4.78 is 15.2. The summed E-state index contributed by atoms with van der Waals surface area (Å²) in [5.74, 6) is -1.92. The molecular formula is C31H27Cl4LiN4O9. The third-order valence-corrected chi connectivity index (χ3v) is 6.87. The fourth-order valence-electron chi connectivity index (χ4n) is 3.64. The molecule has 0 aliphatic heterocycles. The Morgan fingerprint density at radius 3 is 1.35 bits per heavy atom. The largest absolute Gasteiger partial charge is 1.00 e. The number of benzene rings is 2. The van der Waals surface area contributed by atoms with Crippen LogP contribution in [0.5, 0.6) is 11.5 Å². The van der Waals surface area contributed by atoms with Crippen molar-refractivity contribution in [3.05, 3.63) is 104 Å². The van der Waals surface area contributed by atoms with Crippen molar-refractivity contribution in [1.29, 1.82) is 0 Å². The van der Waals surface area contributed by atoms with Crippen molar-refractivity contribution >= 4 is 81.5 Å². The van der Waals surface area contributed by atoms with E-state index in [0.717, 1.165) is 6.20 Å². The number of hydrogen-bond donors (Lipinski definition) is 3. The number of esters is 1. The van der Waals surface area contributed by atoms with Crippen LogP contribution in [0.2, 0.25) is 20.1 Å². The average Bonchev–Trinajstić information content (AvgIpc) is 3.04. The smallest absolute Gasteiger partial charge is 0.870 e. The Kier molecular flexibility index (Phi) is 17.9. The number of methoxy groups -OCH3 is 1. The number of anilines is 2. The van der Waals surface area contributed by atoms with Crippen molar-refractivity contribution in [2.45, 2.75) is 13.8 Å². The van der Waals surface area contributed by atoms with Crippen molar-refractivity contribution in [3.8, 4) is 11.5 Å². The van der Waals surface area contributed by atoms with E-state index in [0.29, 0.717) is 36.1 Å². The predicted octanol–water partition coefficient (Wildman–Crippen LogP) is 4.39. The van der Waals surface area contributed by atoms with Crippen molar-refractivity contribution < 1.29 is 62.8 Å². The standard InChI is InChI=1S/C16H14Cl2N2O4.C15H12Cl2N2O4.Li.H2O/c1-3-24-14-11(17)6-10(7-12(14)18)20-15(21)13-5-4-9(8-19-13)16(22)23-2;1-2-23-13-10(16)5-9(6-11(13)17)19-14(20)12-4-3-8(7-18-12)15(21)22;;/h4-8H,3H2,1-2H3,(H,20,21);3-7H,2H2,1H3,(H,19,20)(H,21,22);;1H2/q;;+1;/p-1. The molecule has 0 aliphatic carbocycles. The fourth-order valence-corrected chi connectivity index (χ4v) is 4.83. The minimum atomic E-state index is -1.12. The van der Waals surface area contributed by atoms with E-state index in [1.165, 1.54) is 61.8 Å². The first kappa shape index (κ1) is 43.0. The number of aromatic nitrogens is 2. The van der Waals surface area contributed by atoms with Crippen LogP contribution in [0.15, 0.2) is 60.9 Å². The van der Waals surface area contributed by atoms with Crippen molar-refractivity contribution in [2.75, 3.05) is 31.0 Å². The van der Waals surface area contributed by atoms with Crippen LogP contribution in [0, 0.1) is 0 Å². The molecule has 0 bridgehead atoms. The number of nitrogens with one attached hydrogen (secondary N) is 2. The van der Waals surface area contributed by atoms with Crippen LogP contribution in [0.1, 0.15) is 55.5 Å². The summed E-state index contributed by atoms with van der Waals surface area (Å²) in [7, 11) is 1.27. The van der Waals surface area contributed by atoms with Crippen LogP contribution in [-0.4, -0.2) is 64.6 Å². The molecule has 254 valence electrons. The minimum absolute atomic E-state index is 0. The third kappa shape index (κ3) is 12.1. The molecule has 49 heavy (non-hydrogen) atoms. The summed E-state index contributed by atoms with van der Waals surface area (Å²) in [5.41, 5.74) is 1.21. The van der Waals surface area contributed by atoms with E-state index < -0.39 is 23.8 Å². The number of hydrogen-bond acceptors (Lipinski definition) is 10. The average molecular weight is 748 g/mol. The number of aromatic carboxylic acids is 1. The van der Waals surface area contributed by atoms with Gasteiger partial charge in [0.05, 0.1) is 51.5 Å². The first-order valence-electron chi connectivity index (χ1n) is 13.5. The summed E-state index contributed by atoms with van der Waals surface area (Å²) in [6.07, 6.45) is 2.37. The van der Waals surface area contributed by atoms with Gasteiger partial charge in [-0.25, -0.2) is 9.59 Å². The third-order valence-electron chi connectivity index (χ3n) is 5.75. The molecule has 18 heteroatoms. The van der Waals surface area contributed by atoms with Gasteiger partial charge in [0.25, 0.3) is 11.8 Å². The predicted molar refractivity (Wildman–Crippen MR) is 180 cm³/mol. The number of carbonyl (C=O) groups is 4. The number of pyridine rings is 2. The van der Waals surface area contributed by atoms with E-state index >= 15 is 0 Å². The zero-order chi connectivity index (χ0) is 34.7.